The molecule has 0 atom stereocenters. The molecule has 1 N–H and O–H groups in total. The summed E-state index contributed by atoms with van der Waals surface area (Å²) in [5.41, 5.74) is 3.93. The Bertz CT molecular complexity index is 1200. The Morgan fingerprint density at radius 1 is 0.967 bits per heavy atom. The topological polar surface area (TPSA) is 60.9 Å². The number of aromatic amines is 1. The maximum atomic E-state index is 14.2. The van der Waals surface area contributed by atoms with Crippen molar-refractivity contribution in [2.24, 2.45) is 0 Å². The van der Waals surface area contributed by atoms with Gasteiger partial charge in [0.1, 0.15) is 16.7 Å². The van der Waals surface area contributed by atoms with Crippen molar-refractivity contribution < 1.29 is 8.78 Å². The number of hydrogen-bond donors (Lipinski definition) is 1. The van der Waals surface area contributed by atoms with E-state index in [1.807, 2.05) is 12.1 Å². The van der Waals surface area contributed by atoms with Gasteiger partial charge in [0.25, 0.3) is 0 Å². The fraction of sp³-hybridized carbons (Fsp3) is 0.227. The van der Waals surface area contributed by atoms with Gasteiger partial charge < -0.3 is 9.80 Å². The summed E-state index contributed by atoms with van der Waals surface area (Å²) >= 11 is 0. The van der Waals surface area contributed by atoms with Gasteiger partial charge in [0.05, 0.1) is 11.8 Å². The van der Waals surface area contributed by atoms with Crippen LogP contribution in [0.5, 0.6) is 0 Å². The van der Waals surface area contributed by atoms with Gasteiger partial charge in [-0.3, -0.25) is 5.10 Å². The van der Waals surface area contributed by atoms with Gasteiger partial charge in [0, 0.05) is 37.4 Å². The third kappa shape index (κ3) is 3.29. The molecule has 1 saturated heterocycles. The zero-order valence-corrected chi connectivity index (χ0v) is 16.4. The molecule has 0 bridgehead atoms. The van der Waals surface area contributed by atoms with Gasteiger partial charge in [-0.2, -0.15) is 5.10 Å². The number of halogens is 2. The number of anilines is 1. The van der Waals surface area contributed by atoms with Crippen LogP contribution in [0.3, 0.4) is 0 Å². The minimum absolute atomic E-state index is 0.0227. The first kappa shape index (κ1) is 18.6. The van der Waals surface area contributed by atoms with Gasteiger partial charge >= 0.3 is 0 Å². The average Bonchev–Trinajstić information content (AvgIpc) is 3.20. The number of likely N-dealkylation sites (N-methyl/N-ethyl adjacent to an activating group) is 1. The highest BCUT2D eigenvalue weighted by Gasteiger charge is 2.17. The summed E-state index contributed by atoms with van der Waals surface area (Å²) in [6.45, 7) is 4.08. The molecule has 8 heteroatoms. The maximum Gasteiger partial charge on any atom is 0.169 e. The van der Waals surface area contributed by atoms with E-state index in [1.54, 1.807) is 0 Å². The molecule has 1 fully saturated rings. The van der Waals surface area contributed by atoms with E-state index in [0.29, 0.717) is 16.7 Å². The lowest BCUT2D eigenvalue weighted by Gasteiger charge is -2.34. The second kappa shape index (κ2) is 7.46. The maximum absolute atomic E-state index is 14.2. The molecule has 0 aliphatic carbocycles. The van der Waals surface area contributed by atoms with Gasteiger partial charge in [-0.15, -0.1) is 0 Å². The van der Waals surface area contributed by atoms with Crippen LogP contribution < -0.4 is 4.90 Å². The molecular formula is C22H20F2N6. The van der Waals surface area contributed by atoms with E-state index in [2.05, 4.69) is 49.1 Å². The van der Waals surface area contributed by atoms with E-state index >= 15 is 0 Å². The molecular weight excluding hydrogens is 386 g/mol. The molecule has 152 valence electrons. The van der Waals surface area contributed by atoms with Crippen LogP contribution in [0.25, 0.3) is 33.7 Å². The van der Waals surface area contributed by atoms with Crippen LogP contribution in [-0.4, -0.2) is 58.3 Å². The summed E-state index contributed by atoms with van der Waals surface area (Å²) in [5, 5.41) is 7.29. The molecule has 2 aromatic carbocycles. The van der Waals surface area contributed by atoms with Crippen molar-refractivity contribution >= 4 is 16.7 Å². The number of H-pyrrole nitrogens is 1. The van der Waals surface area contributed by atoms with Gasteiger partial charge in [-0.05, 0) is 31.3 Å². The molecule has 1 aliphatic heterocycles. The smallest absolute Gasteiger partial charge is 0.169 e. The van der Waals surface area contributed by atoms with Gasteiger partial charge in [0.2, 0.25) is 0 Å². The first-order chi connectivity index (χ1) is 14.6. The predicted molar refractivity (Wildman–Crippen MR) is 112 cm³/mol. The monoisotopic (exact) mass is 406 g/mol. The van der Waals surface area contributed by atoms with E-state index in [0.717, 1.165) is 37.8 Å². The molecule has 5 rings (SSSR count). The summed E-state index contributed by atoms with van der Waals surface area (Å²) in [4.78, 5) is 13.3. The van der Waals surface area contributed by atoms with Gasteiger partial charge in [-0.25, -0.2) is 18.7 Å². The lowest BCUT2D eigenvalue weighted by molar-refractivity contribution is 0.313. The Balaban J connectivity index is 1.49. The minimum atomic E-state index is -0.960. The molecule has 0 saturated carbocycles. The second-order valence-corrected chi connectivity index (χ2v) is 7.47. The van der Waals surface area contributed by atoms with Crippen LogP contribution in [0.15, 0.2) is 48.7 Å². The van der Waals surface area contributed by atoms with Crippen LogP contribution in [0.1, 0.15) is 0 Å². The number of benzene rings is 2. The number of rotatable bonds is 3. The molecule has 4 aromatic rings. The Labute approximate surface area is 172 Å². The molecule has 6 nitrogen and oxygen atoms in total. The highest BCUT2D eigenvalue weighted by molar-refractivity contribution is 5.90. The minimum Gasteiger partial charge on any atom is -0.369 e. The van der Waals surface area contributed by atoms with Crippen molar-refractivity contribution in [3.05, 3.63) is 60.3 Å². The SMILES string of the molecule is CN1CCN(c2ccc(-c3n[nH]c4cnc(-c5cccc(F)c5F)nc34)cc2)CC1. The summed E-state index contributed by atoms with van der Waals surface area (Å²) in [6, 6.07) is 12.1. The third-order valence-electron chi connectivity index (χ3n) is 5.50. The van der Waals surface area contributed by atoms with Crippen molar-refractivity contribution in [3.63, 3.8) is 0 Å². The standard InChI is InChI=1S/C22H20F2N6/c1-29-9-11-30(12-10-29)15-7-5-14(6-8-15)20-21-18(27-28-20)13-25-22(26-21)16-3-2-4-17(23)19(16)24/h2-8,13H,9-12H2,1H3,(H,27,28). The normalized spacial score (nSPS) is 15.1. The summed E-state index contributed by atoms with van der Waals surface area (Å²) in [5.74, 6) is -1.77. The predicted octanol–water partition coefficient (Wildman–Crippen LogP) is 3.72. The molecule has 1 aliphatic rings. The Hall–Kier alpha value is -3.39. The van der Waals surface area contributed by atoms with Crippen LogP contribution in [0, 0.1) is 11.6 Å². The lowest BCUT2D eigenvalue weighted by Crippen LogP contribution is -2.44. The Morgan fingerprint density at radius 3 is 2.50 bits per heavy atom. The van der Waals surface area contributed by atoms with Crippen molar-refractivity contribution in [1.82, 2.24) is 25.1 Å². The van der Waals surface area contributed by atoms with E-state index in [-0.39, 0.29) is 11.4 Å². The second-order valence-electron chi connectivity index (χ2n) is 7.47. The summed E-state index contributed by atoms with van der Waals surface area (Å²) in [7, 11) is 2.13. The van der Waals surface area contributed by atoms with Gasteiger partial charge in [0.15, 0.2) is 17.5 Å². The van der Waals surface area contributed by atoms with E-state index in [1.165, 1.54) is 24.0 Å². The van der Waals surface area contributed by atoms with E-state index in [4.69, 9.17) is 0 Å². The van der Waals surface area contributed by atoms with E-state index in [9.17, 15) is 8.78 Å². The van der Waals surface area contributed by atoms with Crippen LogP contribution in [0.4, 0.5) is 14.5 Å². The largest absolute Gasteiger partial charge is 0.369 e. The van der Waals surface area contributed by atoms with Crippen LogP contribution in [-0.2, 0) is 0 Å². The highest BCUT2D eigenvalue weighted by Crippen LogP contribution is 2.29. The Morgan fingerprint density at radius 2 is 1.73 bits per heavy atom. The summed E-state index contributed by atoms with van der Waals surface area (Å²) < 4.78 is 27.8. The van der Waals surface area contributed by atoms with Crippen molar-refractivity contribution in [3.8, 4) is 22.6 Å². The molecule has 3 heterocycles. The van der Waals surface area contributed by atoms with Gasteiger partial charge in [-0.1, -0.05) is 18.2 Å². The van der Waals surface area contributed by atoms with Crippen molar-refractivity contribution in [1.29, 1.82) is 0 Å². The average molecular weight is 406 g/mol. The Kier molecular flexibility index (Phi) is 4.63. The molecule has 0 radical (unpaired) electrons. The van der Waals surface area contributed by atoms with Crippen LogP contribution in [0.2, 0.25) is 0 Å². The number of nitrogens with one attached hydrogen (secondary N) is 1. The number of hydrogen-bond acceptors (Lipinski definition) is 5. The highest BCUT2D eigenvalue weighted by atomic mass is 19.2. The van der Waals surface area contributed by atoms with Crippen LogP contribution >= 0.6 is 0 Å². The van der Waals surface area contributed by atoms with E-state index < -0.39 is 11.6 Å². The zero-order valence-electron chi connectivity index (χ0n) is 16.4. The first-order valence-corrected chi connectivity index (χ1v) is 9.79. The molecule has 2 aromatic heterocycles. The number of nitrogens with zero attached hydrogens (tertiary/aromatic N) is 5. The first-order valence-electron chi connectivity index (χ1n) is 9.79. The molecule has 0 amide bonds. The quantitative estimate of drug-likeness (QED) is 0.562. The fourth-order valence-corrected chi connectivity index (χ4v) is 3.72. The van der Waals surface area contributed by atoms with Crippen molar-refractivity contribution in [2.45, 2.75) is 0 Å². The van der Waals surface area contributed by atoms with Crippen molar-refractivity contribution in [2.75, 3.05) is 38.1 Å². The number of aromatic nitrogens is 4. The molecule has 30 heavy (non-hydrogen) atoms. The third-order valence-corrected chi connectivity index (χ3v) is 5.50. The number of fused-ring (bicyclic) bond motifs is 1. The zero-order chi connectivity index (χ0) is 20.7. The lowest BCUT2D eigenvalue weighted by atomic mass is 10.1. The molecule has 0 spiro atoms. The fourth-order valence-electron chi connectivity index (χ4n) is 3.72. The number of piperazine rings is 1. The molecule has 0 unspecified atom stereocenters. The summed E-state index contributed by atoms with van der Waals surface area (Å²) in [6.07, 6.45) is 1.54.